The van der Waals surface area contributed by atoms with Crippen LogP contribution < -0.4 is 5.32 Å². The van der Waals surface area contributed by atoms with E-state index >= 15 is 0 Å². The maximum atomic E-state index is 12.5. The van der Waals surface area contributed by atoms with Gasteiger partial charge in [-0.25, -0.2) is 4.79 Å². The molecule has 0 radical (unpaired) electrons. The van der Waals surface area contributed by atoms with Crippen molar-refractivity contribution in [3.63, 3.8) is 0 Å². The van der Waals surface area contributed by atoms with Crippen molar-refractivity contribution < 1.29 is 23.9 Å². The summed E-state index contributed by atoms with van der Waals surface area (Å²) in [6.07, 6.45) is 0.386. The molecule has 0 fully saturated rings. The number of carbonyl (C=O) groups is 4. The van der Waals surface area contributed by atoms with Crippen molar-refractivity contribution in [1.29, 1.82) is 5.26 Å². The Morgan fingerprint density at radius 2 is 1.84 bits per heavy atom. The summed E-state index contributed by atoms with van der Waals surface area (Å²) < 4.78 is 5.21. The van der Waals surface area contributed by atoms with Crippen LogP contribution in [-0.2, 0) is 9.53 Å². The molecule has 0 bridgehead atoms. The second-order valence-electron chi connectivity index (χ2n) is 7.07. The first kappa shape index (κ1) is 21.7. The van der Waals surface area contributed by atoms with Crippen LogP contribution in [0, 0.1) is 11.3 Å². The summed E-state index contributed by atoms with van der Waals surface area (Å²) in [4.78, 5) is 51.0. The summed E-state index contributed by atoms with van der Waals surface area (Å²) >= 11 is 0. The van der Waals surface area contributed by atoms with Gasteiger partial charge in [-0.15, -0.1) is 0 Å². The van der Waals surface area contributed by atoms with Crippen LogP contribution in [0.5, 0.6) is 0 Å². The number of carbonyl (C=O) groups excluding carboxylic acids is 4. The molecule has 31 heavy (non-hydrogen) atoms. The van der Waals surface area contributed by atoms with Gasteiger partial charge in [0.2, 0.25) is 0 Å². The second-order valence-corrected chi connectivity index (χ2v) is 7.07. The van der Waals surface area contributed by atoms with Gasteiger partial charge < -0.3 is 10.1 Å². The Morgan fingerprint density at radius 1 is 1.13 bits per heavy atom. The summed E-state index contributed by atoms with van der Waals surface area (Å²) in [5.74, 6) is -2.22. The molecule has 3 rings (SSSR count). The fraction of sp³-hybridized carbons (Fsp3) is 0.261. The number of rotatable bonds is 7. The number of anilines is 1. The predicted octanol–water partition coefficient (Wildman–Crippen LogP) is 3.14. The van der Waals surface area contributed by atoms with Crippen molar-refractivity contribution in [1.82, 2.24) is 4.90 Å². The highest BCUT2D eigenvalue weighted by molar-refractivity contribution is 6.22. The number of hydrogen-bond donors (Lipinski definition) is 1. The van der Waals surface area contributed by atoms with Crippen molar-refractivity contribution in [3.8, 4) is 6.07 Å². The summed E-state index contributed by atoms with van der Waals surface area (Å²) in [7, 11) is 0. The largest absolute Gasteiger partial charge is 0.449 e. The first-order valence-corrected chi connectivity index (χ1v) is 9.88. The zero-order valence-corrected chi connectivity index (χ0v) is 17.2. The number of unbranched alkanes of at least 4 members (excludes halogenated alkanes) is 1. The van der Waals surface area contributed by atoms with E-state index in [0.29, 0.717) is 18.7 Å². The van der Waals surface area contributed by atoms with E-state index in [-0.39, 0.29) is 28.2 Å². The van der Waals surface area contributed by atoms with Crippen LogP contribution in [0.25, 0.3) is 0 Å². The minimum absolute atomic E-state index is 0.0642. The van der Waals surface area contributed by atoms with Crippen LogP contribution in [0.2, 0.25) is 0 Å². The van der Waals surface area contributed by atoms with Crippen LogP contribution >= 0.6 is 0 Å². The topological polar surface area (TPSA) is 117 Å². The third-order valence-corrected chi connectivity index (χ3v) is 4.90. The Hall–Kier alpha value is -3.99. The third-order valence-electron chi connectivity index (χ3n) is 4.90. The minimum Gasteiger partial charge on any atom is -0.449 e. The molecular weight excluding hydrogens is 398 g/mol. The van der Waals surface area contributed by atoms with Gasteiger partial charge in [0.25, 0.3) is 17.7 Å². The summed E-state index contributed by atoms with van der Waals surface area (Å²) in [5, 5.41) is 11.7. The minimum atomic E-state index is -1.15. The van der Waals surface area contributed by atoms with Crippen LogP contribution in [-0.4, -0.2) is 41.2 Å². The van der Waals surface area contributed by atoms with E-state index < -0.39 is 23.9 Å². The van der Waals surface area contributed by atoms with Crippen molar-refractivity contribution in [2.24, 2.45) is 0 Å². The molecule has 1 N–H and O–H groups in total. The number of nitriles is 1. The van der Waals surface area contributed by atoms with Gasteiger partial charge in [0, 0.05) is 6.54 Å². The first-order valence-electron chi connectivity index (χ1n) is 9.88. The number of nitrogens with one attached hydrogen (secondary N) is 1. The van der Waals surface area contributed by atoms with Crippen molar-refractivity contribution >= 4 is 29.4 Å². The van der Waals surface area contributed by atoms with Crippen LogP contribution in [0.15, 0.2) is 42.5 Å². The van der Waals surface area contributed by atoms with Gasteiger partial charge in [0.05, 0.1) is 27.9 Å². The molecule has 0 aromatic heterocycles. The number of nitrogens with zero attached hydrogens (tertiary/aromatic N) is 2. The second kappa shape index (κ2) is 9.22. The lowest BCUT2D eigenvalue weighted by atomic mass is 10.1. The highest BCUT2D eigenvalue weighted by Crippen LogP contribution is 2.25. The fourth-order valence-corrected chi connectivity index (χ4v) is 3.14. The van der Waals surface area contributed by atoms with Gasteiger partial charge in [-0.05, 0) is 43.7 Å². The van der Waals surface area contributed by atoms with E-state index in [1.807, 2.05) is 13.0 Å². The normalized spacial score (nSPS) is 13.4. The van der Waals surface area contributed by atoms with E-state index in [0.717, 1.165) is 6.42 Å². The Labute approximate surface area is 179 Å². The van der Waals surface area contributed by atoms with Crippen molar-refractivity contribution in [2.75, 3.05) is 11.9 Å². The van der Waals surface area contributed by atoms with Gasteiger partial charge in [-0.1, -0.05) is 25.5 Å². The lowest BCUT2D eigenvalue weighted by molar-refractivity contribution is -0.123. The molecule has 1 atom stereocenters. The number of imide groups is 1. The van der Waals surface area contributed by atoms with E-state index in [1.165, 1.54) is 30.0 Å². The molecule has 0 spiro atoms. The lowest BCUT2D eigenvalue weighted by Gasteiger charge is -2.14. The van der Waals surface area contributed by atoms with E-state index in [9.17, 15) is 19.2 Å². The van der Waals surface area contributed by atoms with Gasteiger partial charge in [-0.3, -0.25) is 19.3 Å². The number of fused-ring (bicyclic) bond motifs is 1. The molecule has 2 aromatic carbocycles. The van der Waals surface area contributed by atoms with Gasteiger partial charge in [-0.2, -0.15) is 5.26 Å². The molecule has 1 aliphatic heterocycles. The number of hydrogen-bond acceptors (Lipinski definition) is 6. The average molecular weight is 419 g/mol. The van der Waals surface area contributed by atoms with E-state index in [1.54, 1.807) is 24.3 Å². The Morgan fingerprint density at radius 3 is 2.55 bits per heavy atom. The summed E-state index contributed by atoms with van der Waals surface area (Å²) in [5.41, 5.74) is 1.05. The Kier molecular flexibility index (Phi) is 6.46. The van der Waals surface area contributed by atoms with E-state index in [4.69, 9.17) is 10.00 Å². The molecular formula is C23H21N3O5. The molecule has 1 aliphatic rings. The summed E-state index contributed by atoms with van der Waals surface area (Å²) in [6, 6.07) is 12.6. The molecule has 158 valence electrons. The zero-order valence-electron chi connectivity index (χ0n) is 17.2. The third kappa shape index (κ3) is 4.46. The molecule has 0 saturated carbocycles. The smallest absolute Gasteiger partial charge is 0.338 e. The van der Waals surface area contributed by atoms with Crippen LogP contribution in [0.1, 0.15) is 63.3 Å². The van der Waals surface area contributed by atoms with Crippen LogP contribution in [0.4, 0.5) is 5.69 Å². The zero-order chi connectivity index (χ0) is 22.5. The van der Waals surface area contributed by atoms with Crippen molar-refractivity contribution in [2.45, 2.75) is 32.8 Å². The molecule has 3 amide bonds. The quantitative estimate of drug-likeness (QED) is 0.544. The van der Waals surface area contributed by atoms with Crippen molar-refractivity contribution in [3.05, 3.63) is 64.7 Å². The highest BCUT2D eigenvalue weighted by Gasteiger charge is 2.35. The predicted molar refractivity (Wildman–Crippen MR) is 111 cm³/mol. The maximum absolute atomic E-state index is 12.5. The first-order chi connectivity index (χ1) is 14.9. The molecule has 2 aromatic rings. The molecule has 0 aliphatic carbocycles. The Balaban J connectivity index is 1.70. The molecule has 1 heterocycles. The summed E-state index contributed by atoms with van der Waals surface area (Å²) in [6.45, 7) is 3.68. The number of amides is 3. The molecule has 8 nitrogen and oxygen atoms in total. The average Bonchev–Trinajstić information content (AvgIpc) is 3.01. The standard InChI is InChI=1S/C23H21N3O5/c1-3-4-11-26-21(28)17-10-9-15(12-18(17)22(26)29)23(30)31-14(2)20(27)25-19-8-6-5-7-16(19)13-24/h5-10,12,14H,3-4,11H2,1-2H3,(H,25,27)/t14-/m1/s1. The SMILES string of the molecule is CCCCN1C(=O)c2ccc(C(=O)O[C@H](C)C(=O)Nc3ccccc3C#N)cc2C1=O. The van der Waals surface area contributed by atoms with Crippen LogP contribution in [0.3, 0.4) is 0 Å². The molecule has 8 heteroatoms. The van der Waals surface area contributed by atoms with E-state index in [2.05, 4.69) is 5.32 Å². The van der Waals surface area contributed by atoms with Gasteiger partial charge in [0.1, 0.15) is 6.07 Å². The Bertz CT molecular complexity index is 1100. The highest BCUT2D eigenvalue weighted by atomic mass is 16.5. The fourth-order valence-electron chi connectivity index (χ4n) is 3.14. The van der Waals surface area contributed by atoms with Gasteiger partial charge in [0.15, 0.2) is 6.10 Å². The molecule has 0 unspecified atom stereocenters. The monoisotopic (exact) mass is 419 g/mol. The number of ether oxygens (including phenoxy) is 1. The lowest BCUT2D eigenvalue weighted by Crippen LogP contribution is -2.30. The maximum Gasteiger partial charge on any atom is 0.338 e. The number of benzene rings is 2. The molecule has 0 saturated heterocycles. The number of para-hydroxylation sites is 1. The van der Waals surface area contributed by atoms with Gasteiger partial charge >= 0.3 is 5.97 Å². The number of esters is 1.